The zero-order valence-corrected chi connectivity index (χ0v) is 11.5. The standard InChI is InChI=1S/C15H18F3NO2/c16-15(17,18)12-8-4-3-7-11(12)13(20)9-19-14(21)10-5-1-2-6-10/h3-4,7-8,10,13,20H,1-2,5-6,9H2,(H,19,21). The number of hydrogen-bond acceptors (Lipinski definition) is 2. The van der Waals surface area contributed by atoms with Crippen LogP contribution in [0.15, 0.2) is 24.3 Å². The highest BCUT2D eigenvalue weighted by Crippen LogP contribution is 2.34. The zero-order chi connectivity index (χ0) is 15.5. The van der Waals surface area contributed by atoms with Gasteiger partial charge in [0.05, 0.1) is 11.7 Å². The minimum Gasteiger partial charge on any atom is -0.387 e. The van der Waals surface area contributed by atoms with E-state index in [-0.39, 0.29) is 23.9 Å². The van der Waals surface area contributed by atoms with Gasteiger partial charge >= 0.3 is 6.18 Å². The van der Waals surface area contributed by atoms with E-state index in [4.69, 9.17) is 0 Å². The highest BCUT2D eigenvalue weighted by atomic mass is 19.4. The van der Waals surface area contributed by atoms with E-state index in [0.29, 0.717) is 0 Å². The fourth-order valence-electron chi connectivity index (χ4n) is 2.69. The Hall–Kier alpha value is -1.56. The molecule has 0 aromatic heterocycles. The number of amides is 1. The molecule has 2 rings (SSSR count). The number of benzene rings is 1. The Kier molecular flexibility index (Phi) is 4.88. The summed E-state index contributed by atoms with van der Waals surface area (Å²) in [5.74, 6) is -0.258. The first-order valence-corrected chi connectivity index (χ1v) is 7.01. The lowest BCUT2D eigenvalue weighted by molar-refractivity contribution is -0.139. The second-order valence-corrected chi connectivity index (χ2v) is 5.33. The topological polar surface area (TPSA) is 49.3 Å². The maximum absolute atomic E-state index is 12.9. The van der Waals surface area contributed by atoms with Gasteiger partial charge in [0.15, 0.2) is 0 Å². The van der Waals surface area contributed by atoms with Crippen molar-refractivity contribution in [3.8, 4) is 0 Å². The summed E-state index contributed by atoms with van der Waals surface area (Å²) in [4.78, 5) is 11.8. The third-order valence-corrected chi connectivity index (χ3v) is 3.82. The summed E-state index contributed by atoms with van der Waals surface area (Å²) in [5, 5.41) is 12.5. The molecule has 1 aliphatic carbocycles. The second-order valence-electron chi connectivity index (χ2n) is 5.33. The van der Waals surface area contributed by atoms with E-state index in [1.807, 2.05) is 0 Å². The Bertz CT molecular complexity index is 496. The number of rotatable bonds is 4. The molecule has 0 radical (unpaired) electrons. The lowest BCUT2D eigenvalue weighted by Crippen LogP contribution is -2.33. The Morgan fingerprint density at radius 3 is 2.52 bits per heavy atom. The number of alkyl halides is 3. The molecule has 1 fully saturated rings. The first kappa shape index (κ1) is 15.8. The summed E-state index contributed by atoms with van der Waals surface area (Å²) < 4.78 is 38.6. The third-order valence-electron chi connectivity index (χ3n) is 3.82. The zero-order valence-electron chi connectivity index (χ0n) is 11.5. The van der Waals surface area contributed by atoms with Crippen LogP contribution in [0.1, 0.15) is 42.9 Å². The van der Waals surface area contributed by atoms with E-state index in [9.17, 15) is 23.1 Å². The van der Waals surface area contributed by atoms with Crippen LogP contribution in [-0.2, 0) is 11.0 Å². The van der Waals surface area contributed by atoms with Gasteiger partial charge in [-0.05, 0) is 24.5 Å². The summed E-state index contributed by atoms with van der Waals surface area (Å²) in [5.41, 5.74) is -1.08. The molecule has 6 heteroatoms. The van der Waals surface area contributed by atoms with Crippen molar-refractivity contribution in [3.63, 3.8) is 0 Å². The Balaban J connectivity index is 2.00. The molecule has 2 N–H and O–H groups in total. The predicted octanol–water partition coefficient (Wildman–Crippen LogP) is 3.05. The van der Waals surface area contributed by atoms with Crippen molar-refractivity contribution in [1.82, 2.24) is 5.32 Å². The summed E-state index contributed by atoms with van der Waals surface area (Å²) >= 11 is 0. The molecular formula is C15H18F3NO2. The van der Waals surface area contributed by atoms with Crippen molar-refractivity contribution in [2.75, 3.05) is 6.54 Å². The second kappa shape index (κ2) is 6.47. The van der Waals surface area contributed by atoms with Crippen LogP contribution in [-0.4, -0.2) is 17.6 Å². The van der Waals surface area contributed by atoms with Gasteiger partial charge < -0.3 is 10.4 Å². The number of aliphatic hydroxyl groups is 1. The van der Waals surface area contributed by atoms with Crippen LogP contribution in [0.25, 0.3) is 0 Å². The summed E-state index contributed by atoms with van der Waals surface area (Å²) in [6.45, 7) is -0.206. The molecule has 116 valence electrons. The molecular weight excluding hydrogens is 283 g/mol. The number of carbonyl (C=O) groups excluding carboxylic acids is 1. The SMILES string of the molecule is O=C(NCC(O)c1ccccc1C(F)(F)F)C1CCCC1. The third kappa shape index (κ3) is 3.97. The predicted molar refractivity (Wildman–Crippen MR) is 71.4 cm³/mol. The molecule has 0 spiro atoms. The minimum atomic E-state index is -4.52. The molecule has 1 aliphatic rings. The first-order chi connectivity index (χ1) is 9.89. The van der Waals surface area contributed by atoms with Gasteiger partial charge in [0.2, 0.25) is 5.91 Å². The number of hydrogen-bond donors (Lipinski definition) is 2. The van der Waals surface area contributed by atoms with Gasteiger partial charge in [-0.1, -0.05) is 31.0 Å². The smallest absolute Gasteiger partial charge is 0.387 e. The lowest BCUT2D eigenvalue weighted by Gasteiger charge is -2.18. The molecule has 3 nitrogen and oxygen atoms in total. The van der Waals surface area contributed by atoms with E-state index in [0.717, 1.165) is 31.7 Å². The molecule has 0 bridgehead atoms. The van der Waals surface area contributed by atoms with Crippen molar-refractivity contribution >= 4 is 5.91 Å². The van der Waals surface area contributed by atoms with Crippen LogP contribution >= 0.6 is 0 Å². The van der Waals surface area contributed by atoms with Gasteiger partial charge in [0.25, 0.3) is 0 Å². The Morgan fingerprint density at radius 2 is 1.90 bits per heavy atom. The number of nitrogens with one attached hydrogen (secondary N) is 1. The number of halogens is 3. The van der Waals surface area contributed by atoms with Gasteiger partial charge in [-0.3, -0.25) is 4.79 Å². The van der Waals surface area contributed by atoms with Crippen LogP contribution in [0.5, 0.6) is 0 Å². The molecule has 1 aromatic carbocycles. The summed E-state index contributed by atoms with van der Waals surface area (Å²) in [7, 11) is 0. The van der Waals surface area contributed by atoms with E-state index in [1.165, 1.54) is 18.2 Å². The van der Waals surface area contributed by atoms with Gasteiger partial charge in [-0.15, -0.1) is 0 Å². The van der Waals surface area contributed by atoms with E-state index in [2.05, 4.69) is 5.32 Å². The first-order valence-electron chi connectivity index (χ1n) is 7.01. The largest absolute Gasteiger partial charge is 0.416 e. The normalized spacial score (nSPS) is 17.7. The lowest BCUT2D eigenvalue weighted by atomic mass is 10.0. The fourth-order valence-corrected chi connectivity index (χ4v) is 2.69. The monoisotopic (exact) mass is 301 g/mol. The van der Waals surface area contributed by atoms with Crippen LogP contribution < -0.4 is 5.32 Å². The van der Waals surface area contributed by atoms with Crippen LogP contribution in [0, 0.1) is 5.92 Å². The Morgan fingerprint density at radius 1 is 1.29 bits per heavy atom. The van der Waals surface area contributed by atoms with Crippen LogP contribution in [0.4, 0.5) is 13.2 Å². The van der Waals surface area contributed by atoms with E-state index in [1.54, 1.807) is 0 Å². The summed E-state index contributed by atoms with van der Waals surface area (Å²) in [6, 6.07) is 4.87. The molecule has 0 saturated heterocycles. The van der Waals surface area contributed by atoms with Crippen molar-refractivity contribution in [1.29, 1.82) is 0 Å². The minimum absolute atomic E-state index is 0.0740. The van der Waals surface area contributed by atoms with Gasteiger partial charge in [0.1, 0.15) is 0 Å². The molecule has 21 heavy (non-hydrogen) atoms. The average Bonchev–Trinajstić information content (AvgIpc) is 2.97. The molecule has 0 aliphatic heterocycles. The van der Waals surface area contributed by atoms with Crippen molar-refractivity contribution in [2.45, 2.75) is 38.0 Å². The molecule has 1 amide bonds. The van der Waals surface area contributed by atoms with Crippen LogP contribution in [0.3, 0.4) is 0 Å². The van der Waals surface area contributed by atoms with Crippen molar-refractivity contribution < 1.29 is 23.1 Å². The highest BCUT2D eigenvalue weighted by molar-refractivity contribution is 5.78. The molecule has 1 unspecified atom stereocenters. The van der Waals surface area contributed by atoms with Crippen LogP contribution in [0.2, 0.25) is 0 Å². The quantitative estimate of drug-likeness (QED) is 0.898. The summed E-state index contributed by atoms with van der Waals surface area (Å²) in [6.07, 6.45) is -2.28. The van der Waals surface area contributed by atoms with Crippen molar-refractivity contribution in [3.05, 3.63) is 35.4 Å². The Labute approximate surface area is 121 Å². The maximum atomic E-state index is 12.9. The van der Waals surface area contributed by atoms with E-state index < -0.39 is 17.8 Å². The highest BCUT2D eigenvalue weighted by Gasteiger charge is 2.34. The van der Waals surface area contributed by atoms with Gasteiger partial charge in [-0.2, -0.15) is 13.2 Å². The maximum Gasteiger partial charge on any atom is 0.416 e. The fraction of sp³-hybridized carbons (Fsp3) is 0.533. The average molecular weight is 301 g/mol. The molecule has 1 aromatic rings. The molecule has 1 saturated carbocycles. The number of carbonyl (C=O) groups is 1. The number of aliphatic hydroxyl groups excluding tert-OH is 1. The van der Waals surface area contributed by atoms with Gasteiger partial charge in [-0.25, -0.2) is 0 Å². The molecule has 0 heterocycles. The van der Waals surface area contributed by atoms with Crippen molar-refractivity contribution in [2.24, 2.45) is 5.92 Å². The molecule has 1 atom stereocenters. The van der Waals surface area contributed by atoms with Gasteiger partial charge in [0, 0.05) is 12.5 Å². The van der Waals surface area contributed by atoms with E-state index >= 15 is 0 Å².